The summed E-state index contributed by atoms with van der Waals surface area (Å²) in [4.78, 5) is 247. The van der Waals surface area contributed by atoms with Gasteiger partial charge < -0.3 is 89.4 Å². The van der Waals surface area contributed by atoms with Crippen LogP contribution in [0.4, 0.5) is 20.2 Å². The van der Waals surface area contributed by atoms with Crippen molar-refractivity contribution in [3.8, 4) is 5.75 Å². The summed E-state index contributed by atoms with van der Waals surface area (Å²) in [6.45, 7) is 1.93. The van der Waals surface area contributed by atoms with E-state index in [0.29, 0.717) is 40.3 Å². The Bertz CT molecular complexity index is 4940. The third-order valence-electron chi connectivity index (χ3n) is 24.6. The lowest BCUT2D eigenvalue weighted by molar-refractivity contribution is -0.231. The Labute approximate surface area is 737 Å². The number of nitrogens with zero attached hydrogens (tertiary/aromatic N) is 11. The van der Waals surface area contributed by atoms with E-state index in [0.717, 1.165) is 77.7 Å². The van der Waals surface area contributed by atoms with E-state index in [2.05, 4.69) is 16.0 Å². The minimum Gasteiger partial charge on any atom is -0.490 e. The van der Waals surface area contributed by atoms with Gasteiger partial charge >= 0.3 is 0 Å². The van der Waals surface area contributed by atoms with Crippen molar-refractivity contribution in [2.75, 3.05) is 159 Å². The molecule has 3 aromatic rings. The summed E-state index contributed by atoms with van der Waals surface area (Å²) in [6.07, 6.45) is 3.13. The summed E-state index contributed by atoms with van der Waals surface area (Å²) in [5.41, 5.74) is -4.81. The number of alkyl halides is 1. The number of aryl methyl sites for hydroxylation is 1. The first-order chi connectivity index (χ1) is 59.6. The molecule has 0 spiro atoms. The number of ketones is 3. The summed E-state index contributed by atoms with van der Waals surface area (Å²) in [6, 6.07) is 10.8. The highest BCUT2D eigenvalue weighted by molar-refractivity contribution is 7.12. The minimum absolute atomic E-state index is 0.0746. The molecule has 40 heteroatoms. The molecular formula is C87H112F2N14O23S. The highest BCUT2D eigenvalue weighted by Gasteiger charge is 2.79. The van der Waals surface area contributed by atoms with Crippen LogP contribution in [0.25, 0.3) is 0 Å². The number of allylic oxidation sites excluding steroid dienone is 4. The number of anilines is 2. The van der Waals surface area contributed by atoms with Gasteiger partial charge in [-0.05, 0) is 126 Å². The van der Waals surface area contributed by atoms with Crippen LogP contribution in [0.5, 0.6) is 5.75 Å². The van der Waals surface area contributed by atoms with Gasteiger partial charge in [0.05, 0.1) is 94.8 Å². The first-order valence-electron chi connectivity index (χ1n) is 41.4. The summed E-state index contributed by atoms with van der Waals surface area (Å²) in [5.74, 6) is -14.0. The molecule has 0 bridgehead atoms. The fourth-order valence-electron chi connectivity index (χ4n) is 17.0. The highest BCUT2D eigenvalue weighted by Crippen LogP contribution is 2.72. The Morgan fingerprint density at radius 1 is 0.614 bits per heavy atom. The highest BCUT2D eigenvalue weighted by atomic mass is 32.1. The van der Waals surface area contributed by atoms with Crippen molar-refractivity contribution in [3.63, 3.8) is 0 Å². The Balaban J connectivity index is 0.679. The van der Waals surface area contributed by atoms with Crippen molar-refractivity contribution < 1.29 is 120 Å². The number of aliphatic hydroxyl groups is 2. The summed E-state index contributed by atoms with van der Waals surface area (Å²) < 4.78 is 53.7. The molecule has 9 rings (SSSR count). The van der Waals surface area contributed by atoms with E-state index in [9.17, 15) is 96.5 Å². The van der Waals surface area contributed by atoms with Gasteiger partial charge in [0.1, 0.15) is 24.5 Å². The van der Waals surface area contributed by atoms with Crippen molar-refractivity contribution in [1.82, 2.24) is 59.6 Å². The third kappa shape index (κ3) is 22.2. The minimum atomic E-state index is -2.16. The lowest BCUT2D eigenvalue weighted by Gasteiger charge is -2.62. The molecule has 3 heterocycles. The molecule has 0 unspecified atom stereocenters. The number of hydrogen-bond donors (Lipinski definition) is 5. The number of thiophene rings is 1. The molecule has 127 heavy (non-hydrogen) atoms. The SMILES string of the molecule is CC(=O)CN(C)C(=O)CN(C)C(=O)CN(C)C(=O)CN(C)C(=O)CN(C)C(=O)CN(C)C(=O)CN(C)C(=O)CN(C)C(=O)CN(C)C(=O)CN(C)C(=O)CCCOc1c(CCC(=O)N[C@@H](C)C(=O)N[C@@H](C)C(=O)Nc2cccc(Cc3ccc([C@@H]4O[C@@H]5C[C@H]6[C@@H]7CCC8=CC(=O)C=C[C@]8(C)[C@@]7(F)[C@@H](O)C[C@]6(C)[C@]5(C(=O)CO)O4)s3)c2)ccc(N2C(=O)C=CC2=O)c1F. The van der Waals surface area contributed by atoms with Gasteiger partial charge in [0, 0.05) is 129 Å². The predicted octanol–water partition coefficient (Wildman–Crippen LogP) is 0.515. The summed E-state index contributed by atoms with van der Waals surface area (Å²) in [7, 11) is 13.2. The molecule has 6 aliphatic rings. The number of imide groups is 1. The second-order valence-corrected chi connectivity index (χ2v) is 35.2. The number of rotatable bonds is 39. The topological polar surface area (TPSA) is 447 Å². The van der Waals surface area contributed by atoms with Crippen molar-refractivity contribution in [3.05, 3.63) is 111 Å². The Morgan fingerprint density at radius 3 is 1.60 bits per heavy atom. The van der Waals surface area contributed by atoms with Crippen molar-refractivity contribution >= 4 is 129 Å². The lowest BCUT2D eigenvalue weighted by atomic mass is 9.44. The maximum absolute atomic E-state index is 17.9. The molecule has 1 aromatic heterocycles. The van der Waals surface area contributed by atoms with Crippen LogP contribution in [0.1, 0.15) is 107 Å². The summed E-state index contributed by atoms with van der Waals surface area (Å²) >= 11 is 1.36. The number of carbonyl (C=O) groups is 18. The van der Waals surface area contributed by atoms with Crippen LogP contribution in [0.3, 0.4) is 0 Å². The molecule has 4 aliphatic carbocycles. The van der Waals surface area contributed by atoms with Gasteiger partial charge in [-0.2, -0.15) is 0 Å². The number of likely N-dealkylation sites (N-methyl/N-ethyl adjacent to an activating group) is 10. The van der Waals surface area contributed by atoms with Crippen LogP contribution in [0.15, 0.2) is 84.5 Å². The van der Waals surface area contributed by atoms with Gasteiger partial charge in [-0.25, -0.2) is 13.7 Å². The van der Waals surface area contributed by atoms with Gasteiger partial charge in [0.15, 0.2) is 40.7 Å². The number of aliphatic hydroxyl groups excluding tert-OH is 2. The molecule has 15 amide bonds. The molecule has 688 valence electrons. The number of hydrogen-bond acceptors (Lipinski definition) is 24. The van der Waals surface area contributed by atoms with E-state index in [4.69, 9.17) is 14.2 Å². The largest absolute Gasteiger partial charge is 0.490 e. The first kappa shape index (κ1) is 98.9. The third-order valence-corrected chi connectivity index (χ3v) is 25.7. The fourth-order valence-corrected chi connectivity index (χ4v) is 18.0. The Morgan fingerprint density at radius 2 is 1.10 bits per heavy atom. The number of benzene rings is 2. The standard InChI is InChI=1S/C87H112F2N14O23S/c1-50(105)39-93(6)70(113)41-95(8)72(115)43-97(10)74(117)45-99(12)76(119)47-101(14)78(121)48-102(15)77(120)46-100(13)75(118)44-98(11)73(116)42-96(9)71(114)40-94(7)67(110)20-17-33-124-80-54(21-26-61(79(80)88)103-68(111)29-30-69(103)112)22-28-66(109)90-51(2)81(122)91-52(3)82(123)92-56-19-16-18-53(34-56)35-58-24-27-62(127-58)83-125-65-37-60-59-25-23-55-36-57(106)31-32-84(55,4)86(59,89)63(107)38-85(60,5)87(65,126-83)64(108)49-104/h16,18-19,21,24,26-27,29-32,34,36,51-52,59-60,63,65,83,104,107H,17,20,22-23,25,28,33,35,37-49H2,1-15H3,(H,90,109)(H,91,122)(H,92,123)/t51-,52-,59-,60-,63-,65+,83+,84-,85-,86-,87+/m0/s1. The normalized spacial score (nSPS) is 22.2. The van der Waals surface area contributed by atoms with Gasteiger partial charge in [-0.15, -0.1) is 11.3 Å². The van der Waals surface area contributed by atoms with E-state index in [1.165, 1.54) is 121 Å². The number of carbonyl (C=O) groups excluding carboxylic acids is 18. The second-order valence-electron chi connectivity index (χ2n) is 34.0. The molecule has 0 radical (unpaired) electrons. The van der Waals surface area contributed by atoms with Crippen LogP contribution in [-0.4, -0.2) is 350 Å². The molecule has 3 saturated carbocycles. The Hall–Kier alpha value is -11.9. The average molecular weight is 1790 g/mol. The summed E-state index contributed by atoms with van der Waals surface area (Å²) in [5, 5.41) is 30.4. The maximum atomic E-state index is 17.9. The number of nitrogens with one attached hydrogen (secondary N) is 3. The molecule has 37 nitrogen and oxygen atoms in total. The van der Waals surface area contributed by atoms with E-state index >= 15 is 8.78 Å². The smallest absolute Gasteiger partial charge is 0.258 e. The molecule has 2 aromatic carbocycles. The van der Waals surface area contributed by atoms with Gasteiger partial charge in [0.2, 0.25) is 76.8 Å². The van der Waals surface area contributed by atoms with Crippen LogP contribution >= 0.6 is 11.3 Å². The van der Waals surface area contributed by atoms with Crippen LogP contribution < -0.4 is 25.6 Å². The van der Waals surface area contributed by atoms with Crippen molar-refractivity contribution in [1.29, 1.82) is 0 Å². The van der Waals surface area contributed by atoms with Gasteiger partial charge in [-0.1, -0.05) is 36.8 Å². The van der Waals surface area contributed by atoms with Crippen LogP contribution in [0.2, 0.25) is 0 Å². The van der Waals surface area contributed by atoms with Gasteiger partial charge in [0.25, 0.3) is 11.8 Å². The van der Waals surface area contributed by atoms with Crippen LogP contribution in [0, 0.1) is 28.5 Å². The zero-order valence-corrected chi connectivity index (χ0v) is 74.8. The second kappa shape index (κ2) is 41.3. The number of ether oxygens (including phenoxy) is 3. The molecule has 5 N–H and O–H groups in total. The average Bonchev–Trinajstić information content (AvgIpc) is 1.51. The molecule has 2 aliphatic heterocycles. The molecule has 11 atom stereocenters. The van der Waals surface area contributed by atoms with E-state index in [1.54, 1.807) is 31.2 Å². The number of Topliss-reactive ketones (excluding diaryl/α,β-unsaturated/α-hetero) is 2. The van der Waals surface area contributed by atoms with E-state index in [1.807, 2.05) is 25.1 Å². The van der Waals surface area contributed by atoms with Gasteiger partial charge in [-0.3, -0.25) is 86.3 Å². The Kier molecular flexibility index (Phi) is 32.1. The lowest BCUT2D eigenvalue weighted by Crippen LogP contribution is -2.69. The first-order valence-corrected chi connectivity index (χ1v) is 42.2. The molecule has 4 fully saturated rings. The predicted molar refractivity (Wildman–Crippen MR) is 453 cm³/mol. The number of halogens is 2. The molecular weight excluding hydrogens is 1680 g/mol. The number of amides is 15. The monoisotopic (exact) mass is 1790 g/mol. The van der Waals surface area contributed by atoms with Crippen LogP contribution in [-0.2, 0) is 109 Å². The van der Waals surface area contributed by atoms with Crippen molar-refractivity contribution in [2.45, 2.75) is 134 Å². The van der Waals surface area contributed by atoms with Crippen molar-refractivity contribution in [2.24, 2.45) is 22.7 Å². The zero-order chi connectivity index (χ0) is 94.0. The fraction of sp³-hybridized carbons (Fsp3) is 0.540. The maximum Gasteiger partial charge on any atom is 0.258 e. The van der Waals surface area contributed by atoms with E-state index < -0.39 is 235 Å². The number of fused-ring (bicyclic) bond motifs is 7. The quantitative estimate of drug-likeness (QED) is 0.0384. The molecule has 1 saturated heterocycles. The van der Waals surface area contributed by atoms with E-state index in [-0.39, 0.29) is 75.4 Å². The zero-order valence-electron chi connectivity index (χ0n) is 73.9.